The van der Waals surface area contributed by atoms with Gasteiger partial charge in [-0.2, -0.15) is 0 Å². The van der Waals surface area contributed by atoms with Gasteiger partial charge >= 0.3 is 211 Å². The Kier molecular flexibility index (Phi) is 17.0. The Hall–Kier alpha value is 1.05. The summed E-state index contributed by atoms with van der Waals surface area (Å²) in [5.74, 6) is 0. The van der Waals surface area contributed by atoms with E-state index in [1.165, 1.54) is 96.3 Å². The van der Waals surface area contributed by atoms with Crippen LogP contribution in [-0.4, -0.2) is 36.4 Å². The van der Waals surface area contributed by atoms with Crippen LogP contribution in [0.2, 0.25) is 31.5 Å². The van der Waals surface area contributed by atoms with E-state index in [9.17, 15) is 0 Å². The monoisotopic (exact) mass is 574 g/mol. The average molecular weight is 572 g/mol. The standard InChI is InChI=1S/C29H62Ge2O/c1-7-13-22-30(23-14-8-2,24-15-9-3)29(21-19-20-28-32-29)31(25-16-10-4,26-17-11-5)27-18-12-6/h7-28H2,1-6H3. The van der Waals surface area contributed by atoms with Gasteiger partial charge in [-0.25, -0.2) is 0 Å². The van der Waals surface area contributed by atoms with E-state index in [0.717, 1.165) is 6.61 Å². The van der Waals surface area contributed by atoms with Crippen molar-refractivity contribution in [3.63, 3.8) is 0 Å². The number of ether oxygens (including phenoxy) is 1. The molecule has 0 saturated carbocycles. The van der Waals surface area contributed by atoms with Crippen LogP contribution in [0.3, 0.4) is 0 Å². The van der Waals surface area contributed by atoms with Crippen LogP contribution in [0.5, 0.6) is 0 Å². The average Bonchev–Trinajstić information content (AvgIpc) is 2.84. The maximum atomic E-state index is 7.55. The molecule has 0 aromatic carbocycles. The minimum absolute atomic E-state index is 0.483. The second-order valence-electron chi connectivity index (χ2n) is 11.3. The van der Waals surface area contributed by atoms with Crippen molar-refractivity contribution in [2.24, 2.45) is 0 Å². The van der Waals surface area contributed by atoms with Gasteiger partial charge in [-0.1, -0.05) is 0 Å². The van der Waals surface area contributed by atoms with E-state index in [4.69, 9.17) is 4.74 Å². The molecule has 0 aromatic rings. The van der Waals surface area contributed by atoms with Gasteiger partial charge in [0.1, 0.15) is 0 Å². The molecule has 1 rings (SSSR count). The first kappa shape index (κ1) is 31.1. The Balaban J connectivity index is 3.70. The van der Waals surface area contributed by atoms with Gasteiger partial charge in [0.2, 0.25) is 0 Å². The summed E-state index contributed by atoms with van der Waals surface area (Å²) >= 11 is -4.46. The quantitative estimate of drug-likeness (QED) is 0.132. The Bertz CT molecular complexity index is 367. The second kappa shape index (κ2) is 17.5. The molecule has 0 unspecified atom stereocenters. The maximum absolute atomic E-state index is 7.55. The molecule has 1 saturated heterocycles. The van der Waals surface area contributed by atoms with Crippen molar-refractivity contribution < 1.29 is 4.74 Å². The summed E-state index contributed by atoms with van der Waals surface area (Å²) in [6, 6.07) is 0. The van der Waals surface area contributed by atoms with Crippen LogP contribution in [0.15, 0.2) is 0 Å². The number of unbranched alkanes of at least 4 members (excludes halogenated alkanes) is 6. The zero-order valence-corrected chi connectivity index (χ0v) is 27.7. The van der Waals surface area contributed by atoms with E-state index >= 15 is 0 Å². The predicted octanol–water partition coefficient (Wildman–Crippen LogP) is 10.7. The fraction of sp³-hybridized carbons (Fsp3) is 1.00. The van der Waals surface area contributed by atoms with Crippen LogP contribution in [0, 0.1) is 0 Å². The van der Waals surface area contributed by atoms with E-state index in [0.29, 0.717) is 3.27 Å². The van der Waals surface area contributed by atoms with Crippen molar-refractivity contribution in [2.45, 2.75) is 173 Å². The Morgan fingerprint density at radius 2 is 0.812 bits per heavy atom. The molecule has 0 N–H and O–H groups in total. The molecule has 1 aliphatic heterocycles. The van der Waals surface area contributed by atoms with Crippen LogP contribution in [0.1, 0.15) is 138 Å². The van der Waals surface area contributed by atoms with Crippen molar-refractivity contribution in [1.29, 1.82) is 0 Å². The Morgan fingerprint density at radius 3 is 1.03 bits per heavy atom. The third-order valence-corrected chi connectivity index (χ3v) is 45.9. The van der Waals surface area contributed by atoms with Crippen LogP contribution in [-0.2, 0) is 4.74 Å². The zero-order valence-electron chi connectivity index (χ0n) is 23.5. The molecule has 0 spiro atoms. The minimum atomic E-state index is -2.23. The number of hydrogen-bond acceptors (Lipinski definition) is 1. The third kappa shape index (κ3) is 8.04. The summed E-state index contributed by atoms with van der Waals surface area (Å²) in [5.41, 5.74) is 0. The van der Waals surface area contributed by atoms with Gasteiger partial charge in [-0.15, -0.1) is 0 Å². The van der Waals surface area contributed by atoms with Gasteiger partial charge in [-0.05, 0) is 0 Å². The van der Waals surface area contributed by atoms with Crippen LogP contribution in [0.4, 0.5) is 0 Å². The summed E-state index contributed by atoms with van der Waals surface area (Å²) < 4.78 is 8.03. The van der Waals surface area contributed by atoms with Gasteiger partial charge in [0, 0.05) is 0 Å². The number of rotatable bonds is 20. The topological polar surface area (TPSA) is 9.23 Å². The molecular weight excluding hydrogens is 510 g/mol. The fourth-order valence-corrected chi connectivity index (χ4v) is 55.9. The SMILES string of the molecule is CCC[CH2][Ge]([CH2]CCC)([CH2]CCC)[C]1([Ge]([CH2]CCC)([CH2]CCC)[CH2]CCC)CCCCO1. The molecule has 0 amide bonds. The van der Waals surface area contributed by atoms with Crippen molar-refractivity contribution in [1.82, 2.24) is 0 Å². The van der Waals surface area contributed by atoms with Crippen molar-refractivity contribution in [3.05, 3.63) is 0 Å². The first-order chi connectivity index (χ1) is 15.6. The fourth-order valence-electron chi connectivity index (χ4n) is 7.25. The van der Waals surface area contributed by atoms with E-state index in [1.54, 1.807) is 31.5 Å². The molecule has 0 atom stereocenters. The van der Waals surface area contributed by atoms with Crippen molar-refractivity contribution in [3.8, 4) is 0 Å². The summed E-state index contributed by atoms with van der Waals surface area (Å²) in [5, 5.41) is 9.80. The van der Waals surface area contributed by atoms with E-state index < -0.39 is 26.5 Å². The van der Waals surface area contributed by atoms with Crippen molar-refractivity contribution in [2.75, 3.05) is 6.61 Å². The van der Waals surface area contributed by atoms with E-state index in [-0.39, 0.29) is 0 Å². The first-order valence-electron chi connectivity index (χ1n) is 15.2. The summed E-state index contributed by atoms with van der Waals surface area (Å²) in [7, 11) is 0. The summed E-state index contributed by atoms with van der Waals surface area (Å²) in [4.78, 5) is 0. The van der Waals surface area contributed by atoms with Crippen LogP contribution < -0.4 is 0 Å². The van der Waals surface area contributed by atoms with Gasteiger partial charge in [0.05, 0.1) is 0 Å². The van der Waals surface area contributed by atoms with Crippen LogP contribution >= 0.6 is 0 Å². The van der Waals surface area contributed by atoms with Gasteiger partial charge in [0.15, 0.2) is 0 Å². The first-order valence-corrected chi connectivity index (χ1v) is 26.2. The number of hydrogen-bond donors (Lipinski definition) is 0. The summed E-state index contributed by atoms with van der Waals surface area (Å²) in [6.07, 6.45) is 21.6. The Morgan fingerprint density at radius 1 is 0.500 bits per heavy atom. The second-order valence-corrected chi connectivity index (χ2v) is 33.9. The molecule has 1 aliphatic rings. The van der Waals surface area contributed by atoms with Gasteiger partial charge < -0.3 is 0 Å². The van der Waals surface area contributed by atoms with Gasteiger partial charge in [0.25, 0.3) is 0 Å². The molecule has 32 heavy (non-hydrogen) atoms. The Labute approximate surface area is 209 Å². The molecule has 0 aliphatic carbocycles. The molecule has 3 heteroatoms. The molecule has 1 fully saturated rings. The van der Waals surface area contributed by atoms with Gasteiger partial charge in [-0.3, -0.25) is 0 Å². The molecular formula is C29H62Ge2O. The third-order valence-electron chi connectivity index (χ3n) is 9.04. The predicted molar refractivity (Wildman–Crippen MR) is 152 cm³/mol. The molecule has 0 aromatic heterocycles. The van der Waals surface area contributed by atoms with Crippen LogP contribution in [0.25, 0.3) is 0 Å². The van der Waals surface area contributed by atoms with E-state index in [2.05, 4.69) is 41.5 Å². The molecule has 192 valence electrons. The van der Waals surface area contributed by atoms with E-state index in [1.807, 2.05) is 0 Å². The molecule has 1 heterocycles. The summed E-state index contributed by atoms with van der Waals surface area (Å²) in [6.45, 7) is 15.8. The zero-order chi connectivity index (χ0) is 23.8. The molecule has 1 nitrogen and oxygen atoms in total. The molecule has 0 bridgehead atoms. The normalized spacial score (nSPS) is 17.1. The molecule has 0 radical (unpaired) electrons. The van der Waals surface area contributed by atoms with Crippen molar-refractivity contribution >= 4 is 26.5 Å².